The first kappa shape index (κ1) is 24.3. The molecule has 37 heavy (non-hydrogen) atoms. The molecule has 0 atom stereocenters. The summed E-state index contributed by atoms with van der Waals surface area (Å²) in [6, 6.07) is 10.8. The van der Waals surface area contributed by atoms with Gasteiger partial charge in [-0.2, -0.15) is 4.98 Å². The third-order valence-electron chi connectivity index (χ3n) is 5.70. The normalized spacial score (nSPS) is 12.1. The van der Waals surface area contributed by atoms with Crippen LogP contribution in [-0.4, -0.2) is 53.4 Å². The quantitative estimate of drug-likeness (QED) is 0.308. The van der Waals surface area contributed by atoms with E-state index in [1.54, 1.807) is 42.8 Å². The van der Waals surface area contributed by atoms with Gasteiger partial charge in [-0.25, -0.2) is 24.3 Å². The fourth-order valence-electron chi connectivity index (χ4n) is 4.01. The first-order valence-electron chi connectivity index (χ1n) is 11.7. The average Bonchev–Trinajstić information content (AvgIpc) is 3.35. The monoisotopic (exact) mass is 500 g/mol. The highest BCUT2D eigenvalue weighted by Crippen LogP contribution is 2.24. The van der Waals surface area contributed by atoms with Gasteiger partial charge in [-0.3, -0.25) is 4.79 Å². The summed E-state index contributed by atoms with van der Waals surface area (Å²) in [6.45, 7) is 7.92. The minimum Gasteiger partial charge on any atom is -0.439 e. The van der Waals surface area contributed by atoms with Crippen LogP contribution in [0.2, 0.25) is 0 Å². The molecular formula is C26H28N8O3. The van der Waals surface area contributed by atoms with Gasteiger partial charge in [-0.1, -0.05) is 12.1 Å². The van der Waals surface area contributed by atoms with E-state index in [-0.39, 0.29) is 12.1 Å². The number of aromatic nitrogens is 6. The highest BCUT2D eigenvalue weighted by molar-refractivity contribution is 5.80. The number of anilines is 2. The molecule has 190 valence electrons. The molecule has 0 saturated heterocycles. The lowest BCUT2D eigenvalue weighted by Gasteiger charge is -2.18. The van der Waals surface area contributed by atoms with Crippen molar-refractivity contribution < 1.29 is 9.52 Å². The third-order valence-corrected chi connectivity index (χ3v) is 5.70. The third kappa shape index (κ3) is 4.74. The average molecular weight is 501 g/mol. The van der Waals surface area contributed by atoms with Crippen LogP contribution in [-0.2, 0) is 18.7 Å². The van der Waals surface area contributed by atoms with Crippen molar-refractivity contribution in [2.45, 2.75) is 32.5 Å². The number of oxazole rings is 1. The SMILES string of the molecule is C=CCn1c(=O)c2cnc(Nc3ccc4nc(CN(C)C)oc4c3)nc2n1-c1cccc(C(C)(C)O)n1. The van der Waals surface area contributed by atoms with Crippen LogP contribution in [0, 0.1) is 0 Å². The Bertz CT molecular complexity index is 1670. The fraction of sp³-hybridized carbons (Fsp3) is 0.269. The van der Waals surface area contributed by atoms with Crippen molar-refractivity contribution in [1.82, 2.24) is 34.2 Å². The highest BCUT2D eigenvalue weighted by atomic mass is 16.3. The molecule has 2 N–H and O–H groups in total. The highest BCUT2D eigenvalue weighted by Gasteiger charge is 2.22. The molecule has 0 spiro atoms. The Morgan fingerprint density at radius 3 is 2.73 bits per heavy atom. The van der Waals surface area contributed by atoms with Crippen molar-refractivity contribution in [2.24, 2.45) is 0 Å². The zero-order valence-electron chi connectivity index (χ0n) is 21.1. The van der Waals surface area contributed by atoms with Gasteiger partial charge in [0.2, 0.25) is 11.8 Å². The zero-order chi connectivity index (χ0) is 26.3. The Morgan fingerprint density at radius 2 is 2.00 bits per heavy atom. The molecule has 0 aliphatic heterocycles. The van der Waals surface area contributed by atoms with E-state index in [0.717, 1.165) is 5.52 Å². The number of rotatable bonds is 8. The maximum atomic E-state index is 13.2. The molecule has 1 aromatic carbocycles. The summed E-state index contributed by atoms with van der Waals surface area (Å²) in [5, 5.41) is 14.0. The van der Waals surface area contributed by atoms with Gasteiger partial charge in [0.15, 0.2) is 17.0 Å². The first-order valence-corrected chi connectivity index (χ1v) is 11.7. The van der Waals surface area contributed by atoms with Crippen molar-refractivity contribution in [1.29, 1.82) is 0 Å². The van der Waals surface area contributed by atoms with E-state index in [9.17, 15) is 9.90 Å². The number of nitrogens with zero attached hydrogens (tertiary/aromatic N) is 7. The summed E-state index contributed by atoms with van der Waals surface area (Å²) in [6.07, 6.45) is 3.12. The van der Waals surface area contributed by atoms with Crippen LogP contribution < -0.4 is 10.9 Å². The molecule has 0 fully saturated rings. The van der Waals surface area contributed by atoms with Crippen molar-refractivity contribution in [3.63, 3.8) is 0 Å². The smallest absolute Gasteiger partial charge is 0.278 e. The minimum absolute atomic E-state index is 0.240. The molecule has 5 rings (SSSR count). The van der Waals surface area contributed by atoms with Crippen LogP contribution in [0.4, 0.5) is 11.6 Å². The number of nitrogens with one attached hydrogen (secondary N) is 1. The van der Waals surface area contributed by atoms with E-state index in [1.807, 2.05) is 37.2 Å². The number of hydrogen-bond acceptors (Lipinski definition) is 9. The lowest BCUT2D eigenvalue weighted by atomic mass is 10.1. The maximum Gasteiger partial charge on any atom is 0.278 e. The van der Waals surface area contributed by atoms with Crippen LogP contribution in [0.5, 0.6) is 0 Å². The number of hydrogen-bond donors (Lipinski definition) is 2. The van der Waals surface area contributed by atoms with Gasteiger partial charge in [0, 0.05) is 18.0 Å². The van der Waals surface area contributed by atoms with E-state index in [2.05, 4.69) is 31.8 Å². The van der Waals surface area contributed by atoms with Crippen LogP contribution >= 0.6 is 0 Å². The summed E-state index contributed by atoms with van der Waals surface area (Å²) < 4.78 is 8.97. The molecule has 11 heteroatoms. The summed E-state index contributed by atoms with van der Waals surface area (Å²) in [4.78, 5) is 33.3. The molecule has 4 aromatic heterocycles. The van der Waals surface area contributed by atoms with E-state index < -0.39 is 5.60 Å². The second-order valence-electron chi connectivity index (χ2n) is 9.51. The topological polar surface area (TPSA) is 127 Å². The van der Waals surface area contributed by atoms with Gasteiger partial charge < -0.3 is 19.7 Å². The largest absolute Gasteiger partial charge is 0.439 e. The number of pyridine rings is 1. The Hall–Kier alpha value is -4.35. The fourth-order valence-corrected chi connectivity index (χ4v) is 4.01. The molecule has 0 saturated carbocycles. The summed E-state index contributed by atoms with van der Waals surface area (Å²) in [7, 11) is 3.90. The maximum absolute atomic E-state index is 13.2. The predicted octanol–water partition coefficient (Wildman–Crippen LogP) is 3.34. The van der Waals surface area contributed by atoms with Crippen molar-refractivity contribution in [2.75, 3.05) is 19.4 Å². The van der Waals surface area contributed by atoms with Gasteiger partial charge in [0.05, 0.1) is 18.8 Å². The summed E-state index contributed by atoms with van der Waals surface area (Å²) in [5.74, 6) is 1.36. The van der Waals surface area contributed by atoms with Crippen molar-refractivity contribution in [3.05, 3.63) is 77.2 Å². The van der Waals surface area contributed by atoms with Gasteiger partial charge >= 0.3 is 0 Å². The zero-order valence-corrected chi connectivity index (χ0v) is 21.1. The first-order chi connectivity index (χ1) is 17.6. The Morgan fingerprint density at radius 1 is 1.19 bits per heavy atom. The minimum atomic E-state index is -1.16. The van der Waals surface area contributed by atoms with Gasteiger partial charge in [0.1, 0.15) is 16.5 Å². The molecule has 4 heterocycles. The molecule has 5 aromatic rings. The van der Waals surface area contributed by atoms with Gasteiger partial charge in [-0.05, 0) is 52.2 Å². The van der Waals surface area contributed by atoms with Crippen LogP contribution in [0.1, 0.15) is 25.4 Å². The second kappa shape index (κ2) is 9.26. The van der Waals surface area contributed by atoms with Crippen molar-refractivity contribution >= 4 is 33.8 Å². The lowest BCUT2D eigenvalue weighted by Crippen LogP contribution is -2.23. The molecular weight excluding hydrogens is 472 g/mol. The van der Waals surface area contributed by atoms with Crippen molar-refractivity contribution in [3.8, 4) is 5.82 Å². The summed E-state index contributed by atoms with van der Waals surface area (Å²) in [5.41, 5.74) is 1.52. The van der Waals surface area contributed by atoms with Gasteiger partial charge in [-0.15, -0.1) is 6.58 Å². The van der Waals surface area contributed by atoms with Gasteiger partial charge in [0.25, 0.3) is 5.56 Å². The van der Waals surface area contributed by atoms with E-state index in [0.29, 0.717) is 52.2 Å². The van der Waals surface area contributed by atoms with Crippen LogP contribution in [0.15, 0.2) is 64.5 Å². The number of aliphatic hydroxyl groups is 1. The Balaban J connectivity index is 1.58. The molecule has 0 radical (unpaired) electrons. The van der Waals surface area contributed by atoms with Crippen LogP contribution in [0.3, 0.4) is 0 Å². The van der Waals surface area contributed by atoms with E-state index in [4.69, 9.17) is 4.42 Å². The number of fused-ring (bicyclic) bond motifs is 2. The Labute approximate surface area is 212 Å². The molecule has 0 bridgehead atoms. The van der Waals surface area contributed by atoms with E-state index >= 15 is 0 Å². The van der Waals surface area contributed by atoms with E-state index in [1.165, 1.54) is 10.9 Å². The summed E-state index contributed by atoms with van der Waals surface area (Å²) >= 11 is 0. The lowest BCUT2D eigenvalue weighted by molar-refractivity contribution is 0.0738. The van der Waals surface area contributed by atoms with Crippen LogP contribution in [0.25, 0.3) is 28.0 Å². The molecule has 0 unspecified atom stereocenters. The predicted molar refractivity (Wildman–Crippen MR) is 141 cm³/mol. The number of benzene rings is 1. The number of allylic oxidation sites excluding steroid dienone is 1. The molecule has 0 aliphatic rings. The standard InChI is InChI=1S/C26H28N8O3/c1-6-12-33-24(35)17-14-27-25(28-16-10-11-18-19(13-16)37-22(29-18)15-32(4)5)31-23(17)34(33)21-9-7-8-20(30-21)26(2,3)36/h6-11,13-14,36H,1,12,15H2,2-5H3,(H,27,28,31). The second-order valence-corrected chi connectivity index (χ2v) is 9.51. The molecule has 0 aliphatic carbocycles. The molecule has 0 amide bonds. The Kier molecular flexibility index (Phi) is 6.10. The molecule has 11 nitrogen and oxygen atoms in total.